The second kappa shape index (κ2) is 34.5. The van der Waals surface area contributed by atoms with Crippen molar-refractivity contribution in [1.82, 2.24) is 10.2 Å². The van der Waals surface area contributed by atoms with Crippen molar-refractivity contribution in [3.63, 3.8) is 0 Å². The van der Waals surface area contributed by atoms with E-state index in [2.05, 4.69) is 40.0 Å². The van der Waals surface area contributed by atoms with Crippen LogP contribution in [0.5, 0.6) is 5.75 Å². The van der Waals surface area contributed by atoms with Crippen molar-refractivity contribution in [2.75, 3.05) is 90.2 Å². The van der Waals surface area contributed by atoms with Crippen molar-refractivity contribution in [1.29, 1.82) is 0 Å². The van der Waals surface area contributed by atoms with Crippen LogP contribution >= 0.6 is 35.5 Å². The number of aliphatic carboxylic acids is 1. The zero-order valence-electron chi connectivity index (χ0n) is 59.7. The van der Waals surface area contributed by atoms with Gasteiger partial charge in [-0.2, -0.15) is 13.0 Å². The van der Waals surface area contributed by atoms with Crippen molar-refractivity contribution in [2.45, 2.75) is 144 Å². The molecular weight excluding hydrogens is 1520 g/mol. The summed E-state index contributed by atoms with van der Waals surface area (Å²) in [5.41, 5.74) is 3.50. The van der Waals surface area contributed by atoms with Crippen molar-refractivity contribution in [3.8, 4) is 5.75 Å². The smallest absolute Gasteiger partial charge is 0.472 e. The number of amides is 3. The number of esters is 2. The number of thioether (sulfide) groups is 1. The number of ether oxygens (including phenoxy) is 3. The summed E-state index contributed by atoms with van der Waals surface area (Å²) in [5.74, 6) is -5.20. The van der Waals surface area contributed by atoms with Gasteiger partial charge in [-0.3, -0.25) is 42.5 Å². The SMILES string of the molecule is CC(C)(CC(C)(Br)C(=O)OCCOP(=O)(O)OCC[N+](C)(C)C)C(=O)OCCN1C(=O)C=C(SC[C@H](NC(=O)CCCCC[N+]2=C(/C=C/C3=C(Oc4ccc(S(=O)(=O)[O-])cc4)C(=C/C=C4/N(CCCCS(=O)(=O)O)c5ccccc5C4(C)C)/CCC3)C(C)(C)c3cc(S(=O)(=O)[O-])ccc32)C(=O)O)C1=O. The maximum absolute atomic E-state index is 13.4. The highest BCUT2D eigenvalue weighted by atomic mass is 79.9. The van der Waals surface area contributed by atoms with Crippen LogP contribution in [0.1, 0.15) is 124 Å². The highest BCUT2D eigenvalue weighted by Crippen LogP contribution is 2.49. The summed E-state index contributed by atoms with van der Waals surface area (Å²) in [6.45, 7) is 11.9. The molecule has 28 nitrogen and oxygen atoms in total. The second-order valence-corrected chi connectivity index (χ2v) is 37.1. The fourth-order valence-electron chi connectivity index (χ4n) is 12.4. The Bertz CT molecular complexity index is 4390. The summed E-state index contributed by atoms with van der Waals surface area (Å²) in [7, 11) is -12.7. The van der Waals surface area contributed by atoms with Gasteiger partial charge in [0.05, 0.1) is 65.6 Å². The third-order valence-electron chi connectivity index (χ3n) is 17.9. The van der Waals surface area contributed by atoms with E-state index in [0.717, 1.165) is 63.0 Å². The maximum atomic E-state index is 13.4. The summed E-state index contributed by atoms with van der Waals surface area (Å²) in [6, 6.07) is 15.7. The number of imide groups is 1. The number of rotatable bonds is 38. The Hall–Kier alpha value is -6.72. The number of alkyl halides is 1. The lowest BCUT2D eigenvalue weighted by Gasteiger charge is -2.30. The third kappa shape index (κ3) is 22.9. The van der Waals surface area contributed by atoms with Gasteiger partial charge < -0.3 is 48.0 Å². The highest BCUT2D eigenvalue weighted by Gasteiger charge is 2.46. The van der Waals surface area contributed by atoms with Gasteiger partial charge in [-0.05, 0) is 157 Å². The molecule has 4 N–H and O–H groups in total. The van der Waals surface area contributed by atoms with E-state index >= 15 is 0 Å². The van der Waals surface area contributed by atoms with E-state index in [1.165, 1.54) is 45.0 Å². The zero-order chi connectivity index (χ0) is 77.2. The highest BCUT2D eigenvalue weighted by molar-refractivity contribution is 9.10. The van der Waals surface area contributed by atoms with Crippen LogP contribution < -0.4 is 15.0 Å². The first-order chi connectivity index (χ1) is 48.2. The molecule has 3 aliphatic heterocycles. The second-order valence-electron chi connectivity index (χ2n) is 28.5. The molecule has 3 aromatic rings. The molecule has 0 radical (unpaired) electrons. The van der Waals surface area contributed by atoms with Crippen LogP contribution in [-0.4, -0.2) is 200 Å². The molecule has 0 saturated carbocycles. The number of carboxylic acid groups (broad SMARTS) is 1. The third-order valence-corrected chi connectivity index (χ3v) is 23.1. The lowest BCUT2D eigenvalue weighted by atomic mass is 9.81. The summed E-state index contributed by atoms with van der Waals surface area (Å²) < 4.78 is 146. The molecule has 3 heterocycles. The molecule has 0 spiro atoms. The predicted molar refractivity (Wildman–Crippen MR) is 388 cm³/mol. The van der Waals surface area contributed by atoms with Crippen molar-refractivity contribution in [3.05, 3.63) is 136 Å². The van der Waals surface area contributed by atoms with Gasteiger partial charge in [0.15, 0.2) is 5.71 Å². The number of allylic oxidation sites excluding steroid dienone is 7. The lowest BCUT2D eigenvalue weighted by Crippen LogP contribution is -2.42. The van der Waals surface area contributed by atoms with E-state index in [-0.39, 0.29) is 54.6 Å². The largest absolute Gasteiger partial charge is 0.744 e. The number of nitrogens with zero attached hydrogens (tertiary/aromatic N) is 4. The average Bonchev–Trinajstić information content (AvgIpc) is 1.60. The Labute approximate surface area is 620 Å². The number of carbonyl (C=O) groups is 6. The number of likely N-dealkylation sites (N-methyl/N-ethyl adjacent to an activating group) is 1. The molecule has 0 aromatic heterocycles. The van der Waals surface area contributed by atoms with Crippen LogP contribution in [0.4, 0.5) is 11.4 Å². The minimum absolute atomic E-state index is 0.0546. The number of halogens is 1. The van der Waals surface area contributed by atoms with Gasteiger partial charge >= 0.3 is 25.7 Å². The lowest BCUT2D eigenvalue weighted by molar-refractivity contribution is -0.870. The van der Waals surface area contributed by atoms with E-state index < -0.39 is 130 Å². The Kier molecular flexibility index (Phi) is 28.0. The molecule has 3 atom stereocenters. The Morgan fingerprint density at radius 3 is 2.10 bits per heavy atom. The van der Waals surface area contributed by atoms with Crippen molar-refractivity contribution in [2.24, 2.45) is 5.41 Å². The molecule has 3 aromatic carbocycles. The standard InChI is InChI=1S/C70H91BrN5O23PS4/c1-67(2,46-70(7,71)66(83)96-40-41-98-100(84,85)97-39-37-76(8,9)10)65(82)95-38-36-75-61(78)44-57(63(75)79)101-45-54(64(80)81)72-60(77)23-12-11-15-34-74-56-31-30-51(104(92,93)94)43-53(56)69(5,6)59(74)33-25-48-20-18-19-47(62(48)99-49-26-28-50(29-27-49)103(89,90)91)24-32-58-68(3,4)52-21-13-14-22-55(52)73(58)35-16-17-42-102(86,87)88/h13-14,21-22,24-33,43-44,54H,11-12,15-20,23,34-42,45-46H2,1-10H3,(H4-2,72,77,80,81,84,85,86,87,88,89,90,91,92,93,94)/t54-,70?/m0/s1. The zero-order valence-corrected chi connectivity index (χ0v) is 65.5. The number of fused-ring (bicyclic) bond motifs is 2. The van der Waals surface area contributed by atoms with Gasteiger partial charge in [0, 0.05) is 65.7 Å². The van der Waals surface area contributed by atoms with Crippen LogP contribution in [0.2, 0.25) is 0 Å². The van der Waals surface area contributed by atoms with E-state index in [4.69, 9.17) is 23.3 Å². The number of para-hydroxylation sites is 1. The first kappa shape index (κ1) is 84.5. The summed E-state index contributed by atoms with van der Waals surface area (Å²) >= 11 is 4.04. The summed E-state index contributed by atoms with van der Waals surface area (Å²) in [5, 5.41) is 12.6. The Balaban J connectivity index is 0.992. The number of anilines is 1. The van der Waals surface area contributed by atoms with Gasteiger partial charge in [0.25, 0.3) is 21.9 Å². The van der Waals surface area contributed by atoms with E-state index in [0.29, 0.717) is 91.8 Å². The minimum atomic E-state index is -4.89. The molecule has 34 heteroatoms. The Morgan fingerprint density at radius 2 is 1.44 bits per heavy atom. The molecule has 1 aliphatic carbocycles. The molecular formula is C70H91BrN5O23PS4. The van der Waals surface area contributed by atoms with Crippen molar-refractivity contribution >= 4 is 119 Å². The van der Waals surface area contributed by atoms with Crippen molar-refractivity contribution < 1.29 is 115 Å². The maximum Gasteiger partial charge on any atom is 0.472 e. The van der Waals surface area contributed by atoms with Crippen LogP contribution in [0.3, 0.4) is 0 Å². The topological polar surface area (TPSA) is 396 Å². The van der Waals surface area contributed by atoms with Crippen LogP contribution in [0.15, 0.2) is 134 Å². The number of unbranched alkanes of at least 4 members (excludes halogenated alkanes) is 3. The van der Waals surface area contributed by atoms with Crippen LogP contribution in [0.25, 0.3) is 0 Å². The number of carbonyl (C=O) groups excluding carboxylic acids is 5. The monoisotopic (exact) mass is 1610 g/mol. The molecule has 4 aliphatic rings. The number of phosphoric acid groups is 1. The van der Waals surface area contributed by atoms with Gasteiger partial charge in [-0.1, -0.05) is 54.1 Å². The number of hydrogen-bond acceptors (Lipinski definition) is 22. The number of quaternary nitrogens is 1. The number of nitrogens with one attached hydrogen (secondary N) is 1. The number of hydrogen-bond donors (Lipinski definition) is 4. The predicted octanol–water partition coefficient (Wildman–Crippen LogP) is 8.83. The molecule has 570 valence electrons. The first-order valence-electron chi connectivity index (χ1n) is 33.5. The summed E-state index contributed by atoms with van der Waals surface area (Å²) in [6.07, 6.45) is 12.1. The van der Waals surface area contributed by atoms with E-state index in [1.807, 2.05) is 88.1 Å². The Morgan fingerprint density at radius 1 is 0.788 bits per heavy atom. The van der Waals surface area contributed by atoms with E-state index in [1.54, 1.807) is 6.07 Å². The quantitative estimate of drug-likeness (QED) is 0.00608. The van der Waals surface area contributed by atoms with E-state index in [9.17, 15) is 82.2 Å². The van der Waals surface area contributed by atoms with Crippen LogP contribution in [-0.2, 0) is 93.0 Å². The molecule has 0 fully saturated rings. The number of carboxylic acids is 1. The van der Waals surface area contributed by atoms with Gasteiger partial charge in [0.2, 0.25) is 11.6 Å². The van der Waals surface area contributed by atoms with Gasteiger partial charge in [-0.15, -0.1) is 11.8 Å². The first-order valence-corrected chi connectivity index (χ1v) is 41.2. The minimum Gasteiger partial charge on any atom is -0.744 e. The van der Waals surface area contributed by atoms with Gasteiger partial charge in [0.1, 0.15) is 75.0 Å². The molecule has 0 bridgehead atoms. The van der Waals surface area contributed by atoms with Gasteiger partial charge in [-0.25, -0.2) is 26.2 Å². The fourth-order valence-corrected chi connectivity index (χ4v) is 16.5. The molecule has 7 rings (SSSR count). The summed E-state index contributed by atoms with van der Waals surface area (Å²) in [4.78, 5) is 90.4. The number of benzene rings is 3. The number of phosphoric ester groups is 1. The molecule has 104 heavy (non-hydrogen) atoms. The fraction of sp³-hybridized carbons (Fsp3) is 0.500. The van der Waals surface area contributed by atoms with Crippen LogP contribution in [0, 0.1) is 5.41 Å². The normalized spacial score (nSPS) is 18.5. The molecule has 0 saturated heterocycles. The average molecular weight is 1610 g/mol. The molecule has 2 unspecified atom stereocenters. The molecule has 3 amide bonds.